The minimum Gasteiger partial charge on any atom is -0.507 e. The highest BCUT2D eigenvalue weighted by molar-refractivity contribution is 7.99. The first-order valence-electron chi connectivity index (χ1n) is 11.4. The fourth-order valence-corrected chi connectivity index (χ4v) is 4.22. The number of nitrogens with one attached hydrogen (secondary N) is 2. The number of hydrogen-bond donors (Lipinski definition) is 3. The molecule has 9 nitrogen and oxygen atoms in total. The number of halogens is 3. The van der Waals surface area contributed by atoms with Gasteiger partial charge in [0.25, 0.3) is 0 Å². The van der Waals surface area contributed by atoms with Crippen LogP contribution in [0.25, 0.3) is 11.4 Å². The number of nitrogens with zero attached hydrogens (tertiary/aromatic N) is 3. The zero-order chi connectivity index (χ0) is 28.0. The second-order valence-electron chi connectivity index (χ2n) is 8.05. The molecular weight excluding hydrogens is 535 g/mol. The maximum absolute atomic E-state index is 13.3. The summed E-state index contributed by atoms with van der Waals surface area (Å²) in [4.78, 5) is 29.6. The number of phenolic OH excluding ortho intramolecular Hbond substituents is 1. The Labute approximate surface area is 225 Å². The average Bonchev–Trinajstić information content (AvgIpc) is 3.29. The van der Waals surface area contributed by atoms with Crippen LogP contribution in [-0.4, -0.2) is 44.5 Å². The first-order chi connectivity index (χ1) is 18.6. The number of carbonyl (C=O) groups is 2. The smallest absolute Gasteiger partial charge is 0.418 e. The lowest BCUT2D eigenvalue weighted by atomic mass is 10.1. The van der Waals surface area contributed by atoms with Gasteiger partial charge in [0.2, 0.25) is 11.8 Å². The molecule has 0 bridgehead atoms. The molecular formula is C26H22F3N5O4S. The summed E-state index contributed by atoms with van der Waals surface area (Å²) in [5.41, 5.74) is -0.565. The minimum atomic E-state index is -4.66. The highest BCUT2D eigenvalue weighted by Gasteiger charge is 2.33. The summed E-state index contributed by atoms with van der Waals surface area (Å²) >= 11 is 0.970. The molecule has 2 amide bonds. The molecule has 202 valence electrons. The SMILES string of the molecule is COc1ccc(NC(=O)CSc2nc(-c3ccccc3O)nn2CC(=O)Nc2ccccc2C(F)(F)F)cc1. The zero-order valence-electron chi connectivity index (χ0n) is 20.4. The van der Waals surface area contributed by atoms with Crippen molar-refractivity contribution in [2.45, 2.75) is 17.9 Å². The van der Waals surface area contributed by atoms with Crippen molar-refractivity contribution in [2.75, 3.05) is 23.5 Å². The molecule has 3 N–H and O–H groups in total. The third-order valence-electron chi connectivity index (χ3n) is 5.29. The topological polar surface area (TPSA) is 118 Å². The molecule has 4 rings (SSSR count). The lowest BCUT2D eigenvalue weighted by molar-refractivity contribution is -0.137. The number of hydrogen-bond acceptors (Lipinski definition) is 7. The van der Waals surface area contributed by atoms with E-state index in [0.717, 1.165) is 23.9 Å². The first-order valence-corrected chi connectivity index (χ1v) is 12.4. The van der Waals surface area contributed by atoms with Crippen LogP contribution in [0.4, 0.5) is 24.5 Å². The van der Waals surface area contributed by atoms with Crippen LogP contribution in [0.15, 0.2) is 78.0 Å². The Morgan fingerprint density at radius 2 is 1.67 bits per heavy atom. The van der Waals surface area contributed by atoms with Gasteiger partial charge in [-0.25, -0.2) is 9.67 Å². The Balaban J connectivity index is 1.52. The molecule has 0 radical (unpaired) electrons. The Hall–Kier alpha value is -4.52. The summed E-state index contributed by atoms with van der Waals surface area (Å²) < 4.78 is 46.3. The van der Waals surface area contributed by atoms with Crippen molar-refractivity contribution in [2.24, 2.45) is 0 Å². The van der Waals surface area contributed by atoms with Gasteiger partial charge in [0.05, 0.1) is 29.7 Å². The molecule has 1 aromatic heterocycles. The van der Waals surface area contributed by atoms with Crippen LogP contribution in [0.2, 0.25) is 0 Å². The Morgan fingerprint density at radius 1 is 0.974 bits per heavy atom. The number of aromatic hydroxyl groups is 1. The van der Waals surface area contributed by atoms with Gasteiger partial charge in [-0.2, -0.15) is 13.2 Å². The van der Waals surface area contributed by atoms with Crippen molar-refractivity contribution >= 4 is 35.0 Å². The van der Waals surface area contributed by atoms with E-state index in [9.17, 15) is 27.9 Å². The second-order valence-corrected chi connectivity index (χ2v) is 8.99. The van der Waals surface area contributed by atoms with Crippen molar-refractivity contribution in [1.82, 2.24) is 14.8 Å². The summed E-state index contributed by atoms with van der Waals surface area (Å²) in [5.74, 6) is -0.661. The number of para-hydroxylation sites is 2. The number of phenols is 1. The van der Waals surface area contributed by atoms with Crippen LogP contribution >= 0.6 is 11.8 Å². The van der Waals surface area contributed by atoms with Gasteiger partial charge in [-0.05, 0) is 48.5 Å². The molecule has 13 heteroatoms. The number of carbonyl (C=O) groups excluding carboxylic acids is 2. The molecule has 0 saturated heterocycles. The molecule has 0 atom stereocenters. The number of alkyl halides is 3. The maximum Gasteiger partial charge on any atom is 0.418 e. The van der Waals surface area contributed by atoms with Crippen molar-refractivity contribution in [3.63, 3.8) is 0 Å². The average molecular weight is 558 g/mol. The number of benzene rings is 3. The van der Waals surface area contributed by atoms with E-state index in [1.165, 1.54) is 30.0 Å². The molecule has 0 saturated carbocycles. The first kappa shape index (κ1) is 27.5. The third-order valence-corrected chi connectivity index (χ3v) is 6.26. The van der Waals surface area contributed by atoms with E-state index < -0.39 is 29.9 Å². The molecule has 0 spiro atoms. The van der Waals surface area contributed by atoms with Crippen molar-refractivity contribution in [1.29, 1.82) is 0 Å². The molecule has 0 aliphatic carbocycles. The van der Waals surface area contributed by atoms with E-state index in [1.54, 1.807) is 42.5 Å². The molecule has 0 fully saturated rings. The summed E-state index contributed by atoms with van der Waals surface area (Å²) in [7, 11) is 1.53. The second kappa shape index (κ2) is 11.9. The van der Waals surface area contributed by atoms with E-state index in [4.69, 9.17) is 4.74 Å². The summed E-state index contributed by atoms with van der Waals surface area (Å²) in [6.07, 6.45) is -4.66. The van der Waals surface area contributed by atoms with E-state index in [-0.39, 0.29) is 34.0 Å². The van der Waals surface area contributed by atoms with Crippen LogP contribution in [-0.2, 0) is 22.3 Å². The van der Waals surface area contributed by atoms with Gasteiger partial charge in [-0.1, -0.05) is 36.0 Å². The van der Waals surface area contributed by atoms with Crippen LogP contribution in [0, 0.1) is 0 Å². The number of anilines is 2. The van der Waals surface area contributed by atoms with Crippen molar-refractivity contribution < 1.29 is 32.6 Å². The molecule has 4 aromatic rings. The van der Waals surface area contributed by atoms with Crippen LogP contribution in [0.3, 0.4) is 0 Å². The Bertz CT molecular complexity index is 1480. The number of ether oxygens (including phenoxy) is 1. The number of rotatable bonds is 9. The molecule has 3 aromatic carbocycles. The molecule has 0 aliphatic heterocycles. The quantitative estimate of drug-likeness (QED) is 0.247. The molecule has 1 heterocycles. The van der Waals surface area contributed by atoms with Crippen molar-refractivity contribution in [3.05, 3.63) is 78.4 Å². The van der Waals surface area contributed by atoms with Gasteiger partial charge in [0, 0.05) is 5.69 Å². The van der Waals surface area contributed by atoms with Crippen LogP contribution < -0.4 is 15.4 Å². The fraction of sp³-hybridized carbons (Fsp3) is 0.154. The zero-order valence-corrected chi connectivity index (χ0v) is 21.2. The number of thioether (sulfide) groups is 1. The largest absolute Gasteiger partial charge is 0.507 e. The lowest BCUT2D eigenvalue weighted by Crippen LogP contribution is -2.22. The van der Waals surface area contributed by atoms with Crippen molar-refractivity contribution in [3.8, 4) is 22.9 Å². The van der Waals surface area contributed by atoms with Gasteiger partial charge in [0.15, 0.2) is 11.0 Å². The standard InChI is InChI=1S/C26H22F3N5O4S/c1-38-17-12-10-16(11-13-17)30-23(37)15-39-25-32-24(18-6-2-5-9-21(18)35)33-34(25)14-22(36)31-20-8-4-3-7-19(20)26(27,28)29/h2-13,35H,14-15H2,1H3,(H,30,37)(H,31,36). The van der Waals surface area contributed by atoms with E-state index in [0.29, 0.717) is 11.4 Å². The maximum atomic E-state index is 13.3. The van der Waals surface area contributed by atoms with Gasteiger partial charge in [-0.3, -0.25) is 9.59 Å². The normalized spacial score (nSPS) is 11.2. The minimum absolute atomic E-state index is 0.0784. The van der Waals surface area contributed by atoms with Gasteiger partial charge >= 0.3 is 6.18 Å². The number of methoxy groups -OCH3 is 1. The van der Waals surface area contributed by atoms with E-state index in [1.807, 2.05) is 0 Å². The highest BCUT2D eigenvalue weighted by atomic mass is 32.2. The molecule has 0 unspecified atom stereocenters. The monoisotopic (exact) mass is 557 g/mol. The van der Waals surface area contributed by atoms with E-state index in [2.05, 4.69) is 20.7 Å². The summed E-state index contributed by atoms with van der Waals surface area (Å²) in [6, 6.07) is 17.6. The predicted octanol–water partition coefficient (Wildman–Crippen LogP) is 5.05. The van der Waals surface area contributed by atoms with E-state index >= 15 is 0 Å². The third kappa shape index (κ3) is 7.08. The van der Waals surface area contributed by atoms with Crippen LogP contribution in [0.1, 0.15) is 5.56 Å². The summed E-state index contributed by atoms with van der Waals surface area (Å²) in [5, 5.41) is 19.6. The number of amides is 2. The predicted molar refractivity (Wildman–Crippen MR) is 140 cm³/mol. The van der Waals surface area contributed by atoms with Gasteiger partial charge < -0.3 is 20.5 Å². The summed E-state index contributed by atoms with van der Waals surface area (Å²) in [6.45, 7) is -0.491. The Kier molecular flexibility index (Phi) is 8.39. The van der Waals surface area contributed by atoms with Gasteiger partial charge in [0.1, 0.15) is 18.0 Å². The highest BCUT2D eigenvalue weighted by Crippen LogP contribution is 2.34. The molecule has 0 aliphatic rings. The fourth-order valence-electron chi connectivity index (χ4n) is 3.48. The Morgan fingerprint density at radius 3 is 2.36 bits per heavy atom. The molecule has 39 heavy (non-hydrogen) atoms. The number of aromatic nitrogens is 3. The lowest BCUT2D eigenvalue weighted by Gasteiger charge is -2.13. The van der Waals surface area contributed by atoms with Gasteiger partial charge in [-0.15, -0.1) is 5.10 Å². The van der Waals surface area contributed by atoms with Crippen LogP contribution in [0.5, 0.6) is 11.5 Å².